The smallest absolute Gasteiger partial charge is 0.244 e. The number of carbonyl (C=O) groups is 1. The normalized spacial score (nSPS) is 45.8. The van der Waals surface area contributed by atoms with E-state index in [1.807, 2.05) is 6.08 Å². The molecule has 176 valence electrons. The molecule has 0 bridgehead atoms. The Labute approximate surface area is 190 Å². The molecule has 3 nitrogen and oxygen atoms in total. The highest BCUT2D eigenvalue weighted by Crippen LogP contribution is 2.69. The van der Waals surface area contributed by atoms with Crippen LogP contribution in [-0.4, -0.2) is 23.2 Å². The molecule has 0 aromatic rings. The molecule has 0 saturated heterocycles. The molecule has 3 heteroatoms. The summed E-state index contributed by atoms with van der Waals surface area (Å²) in [6.07, 6.45) is 13.2. The van der Waals surface area contributed by atoms with Gasteiger partial charge in [0.05, 0.1) is 6.10 Å². The molecule has 3 saturated carbocycles. The van der Waals surface area contributed by atoms with E-state index in [1.165, 1.54) is 50.5 Å². The molecule has 4 aliphatic rings. The van der Waals surface area contributed by atoms with Crippen molar-refractivity contribution in [3.05, 3.63) is 11.6 Å². The molecule has 1 heterocycles. The lowest BCUT2D eigenvalue weighted by molar-refractivity contribution is -0.124. The maximum absolute atomic E-state index is 13.0. The van der Waals surface area contributed by atoms with Crippen molar-refractivity contribution in [3.63, 3.8) is 0 Å². The summed E-state index contributed by atoms with van der Waals surface area (Å²) in [6.45, 7) is 14.7. The number of hydrogen-bond acceptors (Lipinski definition) is 2. The van der Waals surface area contributed by atoms with Gasteiger partial charge in [0, 0.05) is 12.1 Å². The summed E-state index contributed by atoms with van der Waals surface area (Å²) >= 11 is 0. The zero-order chi connectivity index (χ0) is 22.6. The fourth-order valence-corrected chi connectivity index (χ4v) is 8.66. The highest BCUT2D eigenvalue weighted by atomic mass is 16.3. The standard InChI is InChI=1S/C28H47NO2/c1-18(2)8-7-9-19(3)22-11-15-28(6)25-23(12-14-27(22,28)5)26(4)13-10-21(30)16-20(26)17-24(31)29-25/h17-19,21-23,25,30H,7-16H2,1-6H3,(H,29,31)/t19?,21-,22+,23-,25+,26-,27+,28-/m0/s1. The highest BCUT2D eigenvalue weighted by molar-refractivity contribution is 5.89. The largest absolute Gasteiger partial charge is 0.393 e. The highest BCUT2D eigenvalue weighted by Gasteiger charge is 2.65. The zero-order valence-corrected chi connectivity index (χ0v) is 21.0. The lowest BCUT2D eigenvalue weighted by atomic mass is 9.46. The first-order chi connectivity index (χ1) is 14.5. The summed E-state index contributed by atoms with van der Waals surface area (Å²) in [5.74, 6) is 2.90. The summed E-state index contributed by atoms with van der Waals surface area (Å²) in [5.41, 5.74) is 1.72. The Morgan fingerprint density at radius 3 is 2.45 bits per heavy atom. The SMILES string of the molecule is CC(C)CCCC(C)[C@H]1CC[C@@]2(C)[C@@H]3NC(=O)C=C4C[C@@H](O)CC[C@]4(C)[C@H]3CC[C@]12C. The van der Waals surface area contributed by atoms with Crippen molar-refractivity contribution in [2.24, 2.45) is 39.9 Å². The first-order valence-corrected chi connectivity index (χ1v) is 13.2. The number of rotatable bonds is 5. The minimum atomic E-state index is -0.282. The molecule has 1 unspecified atom stereocenters. The summed E-state index contributed by atoms with van der Waals surface area (Å²) in [5, 5.41) is 13.8. The second-order valence-electron chi connectivity index (χ2n) is 12.9. The van der Waals surface area contributed by atoms with Gasteiger partial charge in [-0.15, -0.1) is 0 Å². The molecule has 31 heavy (non-hydrogen) atoms. The van der Waals surface area contributed by atoms with E-state index in [4.69, 9.17) is 0 Å². The number of carbonyl (C=O) groups excluding carboxylic acids is 1. The maximum atomic E-state index is 13.0. The van der Waals surface area contributed by atoms with Gasteiger partial charge in [-0.1, -0.05) is 66.4 Å². The van der Waals surface area contributed by atoms with Crippen LogP contribution in [-0.2, 0) is 4.79 Å². The van der Waals surface area contributed by atoms with E-state index in [2.05, 4.69) is 46.9 Å². The summed E-state index contributed by atoms with van der Waals surface area (Å²) in [7, 11) is 0. The summed E-state index contributed by atoms with van der Waals surface area (Å²) in [4.78, 5) is 13.0. The molecule has 4 rings (SSSR count). The van der Waals surface area contributed by atoms with E-state index >= 15 is 0 Å². The third-order valence-electron chi connectivity index (χ3n) is 10.9. The van der Waals surface area contributed by atoms with Crippen LogP contribution < -0.4 is 5.32 Å². The van der Waals surface area contributed by atoms with Crippen LogP contribution in [0.2, 0.25) is 0 Å². The Morgan fingerprint density at radius 2 is 1.74 bits per heavy atom. The Bertz CT molecular complexity index is 729. The van der Waals surface area contributed by atoms with Crippen LogP contribution in [0.25, 0.3) is 0 Å². The Balaban J connectivity index is 1.60. The topological polar surface area (TPSA) is 49.3 Å². The second-order valence-corrected chi connectivity index (χ2v) is 12.9. The van der Waals surface area contributed by atoms with E-state index in [0.29, 0.717) is 17.8 Å². The fourth-order valence-electron chi connectivity index (χ4n) is 8.66. The first kappa shape index (κ1) is 23.3. The van der Waals surface area contributed by atoms with Crippen LogP contribution in [0, 0.1) is 39.9 Å². The van der Waals surface area contributed by atoms with Gasteiger partial charge in [-0.25, -0.2) is 0 Å². The minimum Gasteiger partial charge on any atom is -0.393 e. The van der Waals surface area contributed by atoms with Gasteiger partial charge >= 0.3 is 0 Å². The summed E-state index contributed by atoms with van der Waals surface area (Å²) < 4.78 is 0. The lowest BCUT2D eigenvalue weighted by Crippen LogP contribution is -2.62. The van der Waals surface area contributed by atoms with Gasteiger partial charge in [0.1, 0.15) is 0 Å². The molecule has 0 aromatic carbocycles. The van der Waals surface area contributed by atoms with Gasteiger partial charge in [0.2, 0.25) is 5.91 Å². The van der Waals surface area contributed by atoms with Crippen molar-refractivity contribution < 1.29 is 9.90 Å². The second kappa shape index (κ2) is 8.19. The lowest BCUT2D eigenvalue weighted by Gasteiger charge is -2.60. The molecular weight excluding hydrogens is 382 g/mol. The fraction of sp³-hybridized carbons (Fsp3) is 0.893. The molecule has 3 fully saturated rings. The molecule has 1 aliphatic heterocycles. The molecule has 0 radical (unpaired) electrons. The predicted octanol–water partition coefficient (Wildman–Crippen LogP) is 6.26. The number of aliphatic hydroxyl groups excluding tert-OH is 1. The van der Waals surface area contributed by atoms with Crippen LogP contribution in [0.4, 0.5) is 0 Å². The van der Waals surface area contributed by atoms with Gasteiger partial charge in [-0.05, 0) is 84.9 Å². The first-order valence-electron chi connectivity index (χ1n) is 13.2. The van der Waals surface area contributed by atoms with Crippen LogP contribution in [0.5, 0.6) is 0 Å². The van der Waals surface area contributed by atoms with E-state index in [9.17, 15) is 9.90 Å². The molecule has 2 N–H and O–H groups in total. The third kappa shape index (κ3) is 3.71. The van der Waals surface area contributed by atoms with Crippen molar-refractivity contribution in [1.82, 2.24) is 5.32 Å². The van der Waals surface area contributed by atoms with Crippen LogP contribution >= 0.6 is 0 Å². The van der Waals surface area contributed by atoms with Crippen molar-refractivity contribution in [3.8, 4) is 0 Å². The van der Waals surface area contributed by atoms with Gasteiger partial charge in [-0.3, -0.25) is 4.79 Å². The monoisotopic (exact) mass is 429 g/mol. The van der Waals surface area contributed by atoms with Crippen molar-refractivity contribution in [2.75, 3.05) is 0 Å². The Morgan fingerprint density at radius 1 is 1.03 bits per heavy atom. The van der Waals surface area contributed by atoms with E-state index in [-0.39, 0.29) is 28.9 Å². The van der Waals surface area contributed by atoms with E-state index < -0.39 is 0 Å². The predicted molar refractivity (Wildman–Crippen MR) is 127 cm³/mol. The Kier molecular flexibility index (Phi) is 6.16. The minimum absolute atomic E-state index is 0.0500. The van der Waals surface area contributed by atoms with E-state index in [0.717, 1.165) is 30.6 Å². The van der Waals surface area contributed by atoms with Crippen LogP contribution in [0.1, 0.15) is 106 Å². The number of amides is 1. The van der Waals surface area contributed by atoms with Gasteiger partial charge in [-0.2, -0.15) is 0 Å². The average molecular weight is 430 g/mol. The number of fused-ring (bicyclic) bond motifs is 5. The number of nitrogens with one attached hydrogen (secondary N) is 1. The van der Waals surface area contributed by atoms with Crippen LogP contribution in [0.15, 0.2) is 11.6 Å². The molecular formula is C28H47NO2. The molecule has 8 atom stereocenters. The van der Waals surface area contributed by atoms with E-state index in [1.54, 1.807) is 0 Å². The van der Waals surface area contributed by atoms with Gasteiger partial charge in [0.15, 0.2) is 0 Å². The Hall–Kier alpha value is -0.830. The zero-order valence-electron chi connectivity index (χ0n) is 21.0. The van der Waals surface area contributed by atoms with Crippen molar-refractivity contribution in [2.45, 2.75) is 118 Å². The van der Waals surface area contributed by atoms with Crippen molar-refractivity contribution in [1.29, 1.82) is 0 Å². The molecule has 3 aliphatic carbocycles. The van der Waals surface area contributed by atoms with Gasteiger partial charge < -0.3 is 10.4 Å². The van der Waals surface area contributed by atoms with Crippen molar-refractivity contribution >= 4 is 5.91 Å². The van der Waals surface area contributed by atoms with Gasteiger partial charge in [0.25, 0.3) is 0 Å². The molecule has 0 aromatic heterocycles. The third-order valence-corrected chi connectivity index (χ3v) is 10.9. The number of hydrogen-bond donors (Lipinski definition) is 2. The molecule has 0 spiro atoms. The average Bonchev–Trinajstić information content (AvgIpc) is 2.90. The van der Waals surface area contributed by atoms with Crippen LogP contribution in [0.3, 0.4) is 0 Å². The maximum Gasteiger partial charge on any atom is 0.244 e. The quantitative estimate of drug-likeness (QED) is 0.542. The molecule has 1 amide bonds. The summed E-state index contributed by atoms with van der Waals surface area (Å²) in [6, 6.07) is 0.251. The number of aliphatic hydroxyl groups is 1.